The van der Waals surface area contributed by atoms with Crippen LogP contribution in [0.5, 0.6) is 5.75 Å². The molecule has 0 saturated carbocycles. The van der Waals surface area contributed by atoms with Crippen LogP contribution in [0.1, 0.15) is 23.2 Å². The van der Waals surface area contributed by atoms with Gasteiger partial charge in [-0.25, -0.2) is 0 Å². The maximum Gasteiger partial charge on any atom is 0.269 e. The van der Waals surface area contributed by atoms with Crippen LogP contribution in [0.2, 0.25) is 0 Å². The standard InChI is InChI=1S/C13H16N2O4/c1-18-10-6-4-9(5-7-10)12(16)14-15-13(17)11-3-2-8-19-11/h4-7,11H,2-3,8H2,1H3,(H,14,16)(H,15,17)/t11-/m1/s1. The Hall–Kier alpha value is -2.08. The average Bonchev–Trinajstić information content (AvgIpc) is 2.98. The first-order valence-electron chi connectivity index (χ1n) is 6.06. The molecular formula is C13H16N2O4. The van der Waals surface area contributed by atoms with Crippen LogP contribution < -0.4 is 15.6 Å². The molecule has 2 N–H and O–H groups in total. The summed E-state index contributed by atoms with van der Waals surface area (Å²) >= 11 is 0. The van der Waals surface area contributed by atoms with Gasteiger partial charge in [-0.3, -0.25) is 20.4 Å². The van der Waals surface area contributed by atoms with Gasteiger partial charge in [0, 0.05) is 12.2 Å². The number of benzene rings is 1. The minimum atomic E-state index is -0.462. The summed E-state index contributed by atoms with van der Waals surface area (Å²) in [6.45, 7) is 0.588. The molecule has 0 spiro atoms. The third-order valence-electron chi connectivity index (χ3n) is 2.87. The fraction of sp³-hybridized carbons (Fsp3) is 0.385. The van der Waals surface area contributed by atoms with Gasteiger partial charge in [-0.2, -0.15) is 0 Å². The van der Waals surface area contributed by atoms with Crippen LogP contribution in [0, 0.1) is 0 Å². The third kappa shape index (κ3) is 3.45. The molecule has 1 heterocycles. The zero-order valence-corrected chi connectivity index (χ0v) is 10.6. The Labute approximate surface area is 111 Å². The van der Waals surface area contributed by atoms with E-state index in [0.717, 1.165) is 6.42 Å². The van der Waals surface area contributed by atoms with Crippen molar-refractivity contribution in [3.05, 3.63) is 29.8 Å². The van der Waals surface area contributed by atoms with Crippen molar-refractivity contribution >= 4 is 11.8 Å². The molecule has 2 amide bonds. The lowest BCUT2D eigenvalue weighted by Crippen LogP contribution is -2.46. The molecule has 6 nitrogen and oxygen atoms in total. The van der Waals surface area contributed by atoms with E-state index < -0.39 is 6.10 Å². The van der Waals surface area contributed by atoms with Crippen LogP contribution in [-0.2, 0) is 9.53 Å². The summed E-state index contributed by atoms with van der Waals surface area (Å²) in [7, 11) is 1.55. The molecule has 1 aromatic carbocycles. The molecule has 0 unspecified atom stereocenters. The molecule has 19 heavy (non-hydrogen) atoms. The van der Waals surface area contributed by atoms with E-state index in [4.69, 9.17) is 9.47 Å². The lowest BCUT2D eigenvalue weighted by Gasteiger charge is -2.11. The second-order valence-electron chi connectivity index (χ2n) is 4.17. The van der Waals surface area contributed by atoms with Crippen molar-refractivity contribution in [3.8, 4) is 5.75 Å². The van der Waals surface area contributed by atoms with Crippen molar-refractivity contribution in [2.45, 2.75) is 18.9 Å². The van der Waals surface area contributed by atoms with Gasteiger partial charge in [-0.05, 0) is 37.1 Å². The van der Waals surface area contributed by atoms with E-state index in [1.54, 1.807) is 31.4 Å². The fourth-order valence-electron chi connectivity index (χ4n) is 1.80. The van der Waals surface area contributed by atoms with Gasteiger partial charge in [-0.15, -0.1) is 0 Å². The highest BCUT2D eigenvalue weighted by molar-refractivity contribution is 5.95. The average molecular weight is 264 g/mol. The molecule has 1 atom stereocenters. The summed E-state index contributed by atoms with van der Waals surface area (Å²) in [4.78, 5) is 23.4. The van der Waals surface area contributed by atoms with Crippen LogP contribution in [0.15, 0.2) is 24.3 Å². The Morgan fingerprint density at radius 1 is 1.26 bits per heavy atom. The first kappa shape index (κ1) is 13.4. The molecule has 6 heteroatoms. The third-order valence-corrected chi connectivity index (χ3v) is 2.87. The van der Waals surface area contributed by atoms with Crippen LogP contribution in [0.4, 0.5) is 0 Å². The highest BCUT2D eigenvalue weighted by Crippen LogP contribution is 2.12. The van der Waals surface area contributed by atoms with Gasteiger partial charge < -0.3 is 9.47 Å². The molecule has 1 fully saturated rings. The van der Waals surface area contributed by atoms with Gasteiger partial charge in [0.05, 0.1) is 7.11 Å². The first-order chi connectivity index (χ1) is 9.20. The lowest BCUT2D eigenvalue weighted by molar-refractivity contribution is -0.130. The smallest absolute Gasteiger partial charge is 0.269 e. The van der Waals surface area contributed by atoms with Gasteiger partial charge in [0.1, 0.15) is 11.9 Å². The Bertz CT molecular complexity index is 452. The van der Waals surface area contributed by atoms with E-state index in [1.807, 2.05) is 0 Å². The molecular weight excluding hydrogens is 248 g/mol. The molecule has 1 saturated heterocycles. The predicted octanol–water partition coefficient (Wildman–Crippen LogP) is 0.635. The van der Waals surface area contributed by atoms with Crippen molar-refractivity contribution in [3.63, 3.8) is 0 Å². The number of hydrazine groups is 1. The van der Waals surface area contributed by atoms with E-state index in [-0.39, 0.29) is 11.8 Å². The zero-order valence-electron chi connectivity index (χ0n) is 10.6. The number of hydrogen-bond donors (Lipinski definition) is 2. The normalized spacial score (nSPS) is 17.8. The number of methoxy groups -OCH3 is 1. The molecule has 0 aromatic heterocycles. The molecule has 102 valence electrons. The van der Waals surface area contributed by atoms with Crippen LogP contribution in [0.25, 0.3) is 0 Å². The second kappa shape index (κ2) is 6.19. The number of amides is 2. The van der Waals surface area contributed by atoms with E-state index in [2.05, 4.69) is 10.9 Å². The molecule has 1 aliphatic rings. The van der Waals surface area contributed by atoms with Crippen molar-refractivity contribution < 1.29 is 19.1 Å². The molecule has 1 aliphatic heterocycles. The van der Waals surface area contributed by atoms with Crippen molar-refractivity contribution in [2.75, 3.05) is 13.7 Å². The number of carbonyl (C=O) groups excluding carboxylic acids is 2. The topological polar surface area (TPSA) is 76.7 Å². The fourth-order valence-corrected chi connectivity index (χ4v) is 1.80. The highest BCUT2D eigenvalue weighted by atomic mass is 16.5. The maximum absolute atomic E-state index is 11.8. The SMILES string of the molecule is COc1ccc(C(=O)NNC(=O)[C@H]2CCCO2)cc1. The molecule has 1 aromatic rings. The Morgan fingerprint density at radius 2 is 2.00 bits per heavy atom. The monoisotopic (exact) mass is 264 g/mol. The van der Waals surface area contributed by atoms with E-state index in [0.29, 0.717) is 24.3 Å². The van der Waals surface area contributed by atoms with Crippen molar-refractivity contribution in [2.24, 2.45) is 0 Å². The first-order valence-corrected chi connectivity index (χ1v) is 6.06. The Kier molecular flexibility index (Phi) is 4.35. The molecule has 2 rings (SSSR count). The van der Waals surface area contributed by atoms with Crippen molar-refractivity contribution in [1.29, 1.82) is 0 Å². The summed E-state index contributed by atoms with van der Waals surface area (Å²) in [6.07, 6.45) is 1.09. The van der Waals surface area contributed by atoms with Crippen LogP contribution in [0.3, 0.4) is 0 Å². The van der Waals surface area contributed by atoms with E-state index >= 15 is 0 Å². The van der Waals surface area contributed by atoms with Gasteiger partial charge in [0.15, 0.2) is 0 Å². The Morgan fingerprint density at radius 3 is 2.58 bits per heavy atom. The predicted molar refractivity (Wildman–Crippen MR) is 67.6 cm³/mol. The number of carbonyl (C=O) groups is 2. The van der Waals surface area contributed by atoms with Crippen LogP contribution >= 0.6 is 0 Å². The van der Waals surface area contributed by atoms with E-state index in [1.165, 1.54) is 0 Å². The molecule has 0 radical (unpaired) electrons. The maximum atomic E-state index is 11.8. The zero-order chi connectivity index (χ0) is 13.7. The van der Waals surface area contributed by atoms with Gasteiger partial charge >= 0.3 is 0 Å². The van der Waals surface area contributed by atoms with Gasteiger partial charge in [-0.1, -0.05) is 0 Å². The second-order valence-corrected chi connectivity index (χ2v) is 4.17. The number of hydrogen-bond acceptors (Lipinski definition) is 4. The number of nitrogens with one attached hydrogen (secondary N) is 2. The van der Waals surface area contributed by atoms with Crippen LogP contribution in [-0.4, -0.2) is 31.6 Å². The summed E-state index contributed by atoms with van der Waals surface area (Å²) in [5.74, 6) is -0.0340. The quantitative estimate of drug-likeness (QED) is 0.785. The minimum absolute atomic E-state index is 0.320. The summed E-state index contributed by atoms with van der Waals surface area (Å²) in [5.41, 5.74) is 5.15. The van der Waals surface area contributed by atoms with Crippen molar-refractivity contribution in [1.82, 2.24) is 10.9 Å². The summed E-state index contributed by atoms with van der Waals surface area (Å²) in [5, 5.41) is 0. The summed E-state index contributed by atoms with van der Waals surface area (Å²) in [6, 6.07) is 6.59. The van der Waals surface area contributed by atoms with Gasteiger partial charge in [0.2, 0.25) is 0 Å². The minimum Gasteiger partial charge on any atom is -0.497 e. The molecule has 0 bridgehead atoms. The number of rotatable bonds is 3. The lowest BCUT2D eigenvalue weighted by atomic mass is 10.2. The number of ether oxygens (including phenoxy) is 2. The molecule has 0 aliphatic carbocycles. The highest BCUT2D eigenvalue weighted by Gasteiger charge is 2.23. The largest absolute Gasteiger partial charge is 0.497 e. The van der Waals surface area contributed by atoms with E-state index in [9.17, 15) is 9.59 Å². The Balaban J connectivity index is 1.84. The summed E-state index contributed by atoms with van der Waals surface area (Å²) < 4.78 is 10.2. The van der Waals surface area contributed by atoms with Gasteiger partial charge in [0.25, 0.3) is 11.8 Å².